The fourth-order valence-electron chi connectivity index (χ4n) is 2.25. The van der Waals surface area contributed by atoms with Crippen LogP contribution in [0.15, 0.2) is 18.3 Å². The zero-order valence-corrected chi connectivity index (χ0v) is 10.8. The number of rotatable bonds is 3. The van der Waals surface area contributed by atoms with Crippen LogP contribution >= 0.6 is 11.6 Å². The van der Waals surface area contributed by atoms with Gasteiger partial charge in [-0.05, 0) is 44.0 Å². The molecule has 3 heterocycles. The summed E-state index contributed by atoms with van der Waals surface area (Å²) in [7, 11) is 0. The average Bonchev–Trinajstić information content (AvgIpc) is 2.79. The molecule has 1 aliphatic rings. The Bertz CT molecular complexity index is 532. The average molecular weight is 266 g/mol. The highest BCUT2D eigenvalue weighted by Gasteiger charge is 2.13. The molecule has 96 valence electrons. The quantitative estimate of drug-likeness (QED) is 0.889. The van der Waals surface area contributed by atoms with E-state index in [0.717, 1.165) is 25.3 Å². The largest absolute Gasteiger partial charge is 0.353 e. The van der Waals surface area contributed by atoms with Gasteiger partial charge in [0.1, 0.15) is 0 Å². The first-order valence-corrected chi connectivity index (χ1v) is 6.65. The summed E-state index contributed by atoms with van der Waals surface area (Å²) in [5.41, 5.74) is 0.812. The van der Waals surface area contributed by atoms with Crippen molar-refractivity contribution >= 4 is 23.2 Å². The van der Waals surface area contributed by atoms with Crippen molar-refractivity contribution in [2.75, 3.05) is 25.0 Å². The molecule has 6 heteroatoms. The van der Waals surface area contributed by atoms with E-state index in [1.165, 1.54) is 12.8 Å². The molecule has 2 N–H and O–H groups in total. The summed E-state index contributed by atoms with van der Waals surface area (Å²) in [5, 5.41) is 11.7. The third-order valence-electron chi connectivity index (χ3n) is 3.30. The van der Waals surface area contributed by atoms with Crippen molar-refractivity contribution in [3.63, 3.8) is 0 Å². The topological polar surface area (TPSA) is 54.2 Å². The molecule has 0 unspecified atom stereocenters. The van der Waals surface area contributed by atoms with Gasteiger partial charge in [0, 0.05) is 12.7 Å². The van der Waals surface area contributed by atoms with Gasteiger partial charge in [-0.25, -0.2) is 4.52 Å². The number of hydrogen-bond acceptors (Lipinski definition) is 4. The van der Waals surface area contributed by atoms with Crippen LogP contribution in [0.2, 0.25) is 5.02 Å². The van der Waals surface area contributed by atoms with Crippen molar-refractivity contribution in [3.05, 3.63) is 23.4 Å². The van der Waals surface area contributed by atoms with Crippen LogP contribution in [0.5, 0.6) is 0 Å². The minimum absolute atomic E-state index is 0.664. The van der Waals surface area contributed by atoms with E-state index in [9.17, 15) is 0 Å². The molecule has 3 rings (SSSR count). The minimum atomic E-state index is 0.664. The highest BCUT2D eigenvalue weighted by molar-refractivity contribution is 6.30. The Kier molecular flexibility index (Phi) is 3.34. The number of piperidine rings is 1. The molecular formula is C12H16ClN5. The zero-order chi connectivity index (χ0) is 12.4. The lowest BCUT2D eigenvalue weighted by atomic mass is 9.98. The summed E-state index contributed by atoms with van der Waals surface area (Å²) < 4.78 is 1.70. The molecule has 0 amide bonds. The fraction of sp³-hybridized carbons (Fsp3) is 0.500. The molecule has 1 aliphatic heterocycles. The molecule has 0 aliphatic carbocycles. The first-order chi connectivity index (χ1) is 8.81. The number of aromatic nitrogens is 3. The third kappa shape index (κ3) is 2.57. The van der Waals surface area contributed by atoms with Gasteiger partial charge in [0.2, 0.25) is 5.95 Å². The number of anilines is 1. The predicted octanol–water partition coefficient (Wildman–Crippen LogP) is 1.79. The van der Waals surface area contributed by atoms with E-state index in [-0.39, 0.29) is 0 Å². The van der Waals surface area contributed by atoms with Gasteiger partial charge in [-0.3, -0.25) is 0 Å². The van der Waals surface area contributed by atoms with Crippen LogP contribution in [-0.4, -0.2) is 34.2 Å². The standard InChI is InChI=1S/C12H16ClN5/c13-10-1-2-11-16-12(17-18(11)8-10)15-7-9-3-5-14-6-4-9/h1-2,8-9,14H,3-7H2,(H,15,17). The van der Waals surface area contributed by atoms with Crippen LogP contribution in [0.4, 0.5) is 5.95 Å². The molecule has 0 bridgehead atoms. The van der Waals surface area contributed by atoms with E-state index in [0.29, 0.717) is 16.9 Å². The van der Waals surface area contributed by atoms with Crippen LogP contribution in [-0.2, 0) is 0 Å². The Morgan fingerprint density at radius 2 is 2.22 bits per heavy atom. The van der Waals surface area contributed by atoms with Crippen molar-refractivity contribution in [1.82, 2.24) is 19.9 Å². The lowest BCUT2D eigenvalue weighted by Gasteiger charge is -2.22. The number of pyridine rings is 1. The normalized spacial score (nSPS) is 17.2. The monoisotopic (exact) mass is 265 g/mol. The van der Waals surface area contributed by atoms with E-state index >= 15 is 0 Å². The Balaban J connectivity index is 1.67. The number of nitrogens with one attached hydrogen (secondary N) is 2. The smallest absolute Gasteiger partial charge is 0.243 e. The summed E-state index contributed by atoms with van der Waals surface area (Å²) in [6, 6.07) is 3.69. The maximum absolute atomic E-state index is 5.91. The number of hydrogen-bond donors (Lipinski definition) is 2. The van der Waals surface area contributed by atoms with E-state index in [4.69, 9.17) is 11.6 Å². The summed E-state index contributed by atoms with van der Waals surface area (Å²) in [6.07, 6.45) is 4.19. The highest BCUT2D eigenvalue weighted by Crippen LogP contribution is 2.14. The lowest BCUT2D eigenvalue weighted by Crippen LogP contribution is -2.31. The molecule has 0 aromatic carbocycles. The predicted molar refractivity (Wildman–Crippen MR) is 72.1 cm³/mol. The maximum atomic E-state index is 5.91. The van der Waals surface area contributed by atoms with Crippen LogP contribution in [0, 0.1) is 5.92 Å². The Hall–Kier alpha value is -1.33. The van der Waals surface area contributed by atoms with E-state index in [1.807, 2.05) is 12.1 Å². The molecular weight excluding hydrogens is 250 g/mol. The van der Waals surface area contributed by atoms with Gasteiger partial charge < -0.3 is 10.6 Å². The number of halogens is 1. The van der Waals surface area contributed by atoms with Gasteiger partial charge in [0.15, 0.2) is 5.65 Å². The molecule has 0 atom stereocenters. The molecule has 0 radical (unpaired) electrons. The Labute approximate surface area is 111 Å². The van der Waals surface area contributed by atoms with Crippen molar-refractivity contribution in [2.24, 2.45) is 5.92 Å². The third-order valence-corrected chi connectivity index (χ3v) is 3.53. The summed E-state index contributed by atoms with van der Waals surface area (Å²) in [4.78, 5) is 4.40. The first kappa shape index (κ1) is 11.7. The molecule has 2 aromatic heterocycles. The van der Waals surface area contributed by atoms with Gasteiger partial charge >= 0.3 is 0 Å². The van der Waals surface area contributed by atoms with Gasteiger partial charge in [0.25, 0.3) is 0 Å². The van der Waals surface area contributed by atoms with Crippen molar-refractivity contribution in [2.45, 2.75) is 12.8 Å². The molecule has 18 heavy (non-hydrogen) atoms. The van der Waals surface area contributed by atoms with Crippen LogP contribution in [0.3, 0.4) is 0 Å². The van der Waals surface area contributed by atoms with E-state index in [2.05, 4.69) is 20.7 Å². The van der Waals surface area contributed by atoms with Gasteiger partial charge in [-0.15, -0.1) is 5.10 Å². The molecule has 1 fully saturated rings. The SMILES string of the molecule is Clc1ccc2nc(NCC3CCNCC3)nn2c1. The first-order valence-electron chi connectivity index (χ1n) is 6.28. The molecule has 1 saturated heterocycles. The second-order valence-corrected chi connectivity index (χ2v) is 5.10. The lowest BCUT2D eigenvalue weighted by molar-refractivity contribution is 0.389. The molecule has 0 spiro atoms. The van der Waals surface area contributed by atoms with Gasteiger partial charge in [-0.1, -0.05) is 11.6 Å². The Morgan fingerprint density at radius 1 is 1.39 bits per heavy atom. The van der Waals surface area contributed by atoms with E-state index in [1.54, 1.807) is 10.7 Å². The van der Waals surface area contributed by atoms with Crippen LogP contribution in [0.25, 0.3) is 5.65 Å². The second kappa shape index (κ2) is 5.12. The maximum Gasteiger partial charge on any atom is 0.243 e. The summed E-state index contributed by atoms with van der Waals surface area (Å²) >= 11 is 5.91. The van der Waals surface area contributed by atoms with Crippen molar-refractivity contribution in [1.29, 1.82) is 0 Å². The Morgan fingerprint density at radius 3 is 3.06 bits per heavy atom. The minimum Gasteiger partial charge on any atom is -0.353 e. The number of nitrogens with zero attached hydrogens (tertiary/aromatic N) is 3. The summed E-state index contributed by atoms with van der Waals surface area (Å²) in [5.74, 6) is 1.39. The molecule has 2 aromatic rings. The van der Waals surface area contributed by atoms with Crippen molar-refractivity contribution in [3.8, 4) is 0 Å². The van der Waals surface area contributed by atoms with Crippen LogP contribution in [0.1, 0.15) is 12.8 Å². The zero-order valence-electron chi connectivity index (χ0n) is 10.1. The highest BCUT2D eigenvalue weighted by atomic mass is 35.5. The molecule has 0 saturated carbocycles. The second-order valence-electron chi connectivity index (χ2n) is 4.66. The van der Waals surface area contributed by atoms with Crippen molar-refractivity contribution < 1.29 is 0 Å². The van der Waals surface area contributed by atoms with Gasteiger partial charge in [-0.2, -0.15) is 4.98 Å². The van der Waals surface area contributed by atoms with Crippen LogP contribution < -0.4 is 10.6 Å². The molecule has 5 nitrogen and oxygen atoms in total. The van der Waals surface area contributed by atoms with Gasteiger partial charge in [0.05, 0.1) is 5.02 Å². The fourth-order valence-corrected chi connectivity index (χ4v) is 2.41. The van der Waals surface area contributed by atoms with E-state index < -0.39 is 0 Å². The summed E-state index contributed by atoms with van der Waals surface area (Å²) in [6.45, 7) is 3.16. The number of fused-ring (bicyclic) bond motifs is 1.